The molecule has 2 aromatic rings. The highest BCUT2D eigenvalue weighted by Gasteiger charge is 2.34. The van der Waals surface area contributed by atoms with Crippen LogP contribution in [0.2, 0.25) is 0 Å². The predicted molar refractivity (Wildman–Crippen MR) is 138 cm³/mol. The Morgan fingerprint density at radius 3 is 2.24 bits per heavy atom. The summed E-state index contributed by atoms with van der Waals surface area (Å²) >= 11 is 2.00. The van der Waals surface area contributed by atoms with Crippen molar-refractivity contribution in [2.45, 2.75) is 55.3 Å². The fourth-order valence-corrected chi connectivity index (χ4v) is 5.44. The second kappa shape index (κ2) is 11.0. The number of halogens is 1. The molecule has 1 amide bonds. The number of anilines is 1. The Labute approximate surface area is 208 Å². The van der Waals surface area contributed by atoms with Gasteiger partial charge in [0.2, 0.25) is 0 Å². The molecule has 2 aliphatic rings. The number of likely N-dealkylation sites (tertiary alicyclic amines) is 1. The average Bonchev–Trinajstić information content (AvgIpc) is 3.15. The molecular weight excluding hydrogens is 456 g/mol. The standard InChI is InChI=1S/C26H34N2O3S.ClH/c1-26(2,3)19-5-11-23(12-6-19)32-24-13-15-27(16-14-24)17-22-18-28(25(29)31-22)20-7-9-21(30-4)10-8-20;/h5-12,22,24H,13-18H2,1-4H3;1H/t22-;/m0./s1. The summed E-state index contributed by atoms with van der Waals surface area (Å²) in [7, 11) is 1.64. The van der Waals surface area contributed by atoms with Crippen LogP contribution >= 0.6 is 24.2 Å². The van der Waals surface area contributed by atoms with Crippen LogP contribution in [0, 0.1) is 0 Å². The van der Waals surface area contributed by atoms with Gasteiger partial charge in [-0.25, -0.2) is 4.79 Å². The smallest absolute Gasteiger partial charge is 0.414 e. The van der Waals surface area contributed by atoms with Crippen LogP contribution < -0.4 is 9.64 Å². The summed E-state index contributed by atoms with van der Waals surface area (Å²) in [6, 6.07) is 16.6. The van der Waals surface area contributed by atoms with Gasteiger partial charge in [-0.05, 0) is 73.3 Å². The minimum Gasteiger partial charge on any atom is -0.497 e. The van der Waals surface area contributed by atoms with Crippen molar-refractivity contribution in [1.29, 1.82) is 0 Å². The Morgan fingerprint density at radius 2 is 1.67 bits per heavy atom. The molecule has 2 heterocycles. The first-order chi connectivity index (χ1) is 15.3. The number of hydrogen-bond donors (Lipinski definition) is 0. The van der Waals surface area contributed by atoms with Crippen LogP contribution in [0.25, 0.3) is 0 Å². The monoisotopic (exact) mass is 490 g/mol. The van der Waals surface area contributed by atoms with E-state index >= 15 is 0 Å². The quantitative estimate of drug-likeness (QED) is 0.497. The van der Waals surface area contributed by atoms with Crippen LogP contribution in [0.1, 0.15) is 39.2 Å². The number of ether oxygens (including phenoxy) is 2. The van der Waals surface area contributed by atoms with E-state index in [1.165, 1.54) is 10.5 Å². The van der Waals surface area contributed by atoms with Crippen molar-refractivity contribution in [3.63, 3.8) is 0 Å². The maximum atomic E-state index is 12.4. The van der Waals surface area contributed by atoms with Gasteiger partial charge in [-0.1, -0.05) is 32.9 Å². The van der Waals surface area contributed by atoms with Gasteiger partial charge < -0.3 is 9.47 Å². The molecule has 180 valence electrons. The number of carbonyl (C=O) groups is 1. The topological polar surface area (TPSA) is 42.0 Å². The predicted octanol–water partition coefficient (Wildman–Crippen LogP) is 6.00. The average molecular weight is 491 g/mol. The number of carbonyl (C=O) groups excluding carboxylic acids is 1. The summed E-state index contributed by atoms with van der Waals surface area (Å²) in [6.07, 6.45) is 1.98. The molecule has 2 saturated heterocycles. The summed E-state index contributed by atoms with van der Waals surface area (Å²) in [5.74, 6) is 0.781. The van der Waals surface area contributed by atoms with Gasteiger partial charge in [0.1, 0.15) is 11.9 Å². The molecule has 2 aromatic carbocycles. The van der Waals surface area contributed by atoms with Gasteiger partial charge in [-0.3, -0.25) is 9.80 Å². The van der Waals surface area contributed by atoms with E-state index < -0.39 is 0 Å². The van der Waals surface area contributed by atoms with Crippen molar-refractivity contribution >= 4 is 35.9 Å². The Hall–Kier alpha value is -1.89. The van der Waals surface area contributed by atoms with Gasteiger partial charge in [0.25, 0.3) is 0 Å². The van der Waals surface area contributed by atoms with Gasteiger partial charge in [-0.2, -0.15) is 0 Å². The van der Waals surface area contributed by atoms with Gasteiger partial charge in [0.15, 0.2) is 0 Å². The van der Waals surface area contributed by atoms with E-state index in [1.807, 2.05) is 36.0 Å². The number of cyclic esters (lactones) is 1. The van der Waals surface area contributed by atoms with E-state index in [-0.39, 0.29) is 30.0 Å². The van der Waals surface area contributed by atoms with Crippen molar-refractivity contribution in [2.24, 2.45) is 0 Å². The van der Waals surface area contributed by atoms with Crippen molar-refractivity contribution in [3.05, 3.63) is 54.1 Å². The Bertz CT molecular complexity index is 907. The molecule has 0 bridgehead atoms. The second-order valence-corrected chi connectivity index (χ2v) is 11.1. The van der Waals surface area contributed by atoms with Crippen molar-refractivity contribution in [1.82, 2.24) is 4.90 Å². The van der Waals surface area contributed by atoms with Gasteiger partial charge in [-0.15, -0.1) is 24.2 Å². The zero-order valence-electron chi connectivity index (χ0n) is 20.0. The van der Waals surface area contributed by atoms with E-state index in [2.05, 4.69) is 49.9 Å². The van der Waals surface area contributed by atoms with E-state index in [4.69, 9.17) is 9.47 Å². The van der Waals surface area contributed by atoms with Crippen molar-refractivity contribution < 1.29 is 14.3 Å². The lowest BCUT2D eigenvalue weighted by Gasteiger charge is -2.32. The molecule has 0 aromatic heterocycles. The summed E-state index contributed by atoms with van der Waals surface area (Å²) < 4.78 is 10.9. The van der Waals surface area contributed by atoms with Gasteiger partial charge >= 0.3 is 6.09 Å². The highest BCUT2D eigenvalue weighted by Crippen LogP contribution is 2.32. The fraction of sp³-hybridized carbons (Fsp3) is 0.500. The number of benzene rings is 2. The number of thioether (sulfide) groups is 1. The number of rotatable bonds is 6. The molecule has 0 saturated carbocycles. The first kappa shape index (κ1) is 25.7. The lowest BCUT2D eigenvalue weighted by molar-refractivity contribution is 0.101. The molecule has 2 fully saturated rings. The van der Waals surface area contributed by atoms with Crippen molar-refractivity contribution in [2.75, 3.05) is 38.2 Å². The normalized spacial score (nSPS) is 19.8. The van der Waals surface area contributed by atoms with Gasteiger partial charge in [0, 0.05) is 22.4 Å². The van der Waals surface area contributed by atoms with Crippen LogP contribution in [0.4, 0.5) is 10.5 Å². The molecular formula is C26H35ClN2O3S. The van der Waals surface area contributed by atoms with E-state index in [0.717, 1.165) is 43.9 Å². The summed E-state index contributed by atoms with van der Waals surface area (Å²) in [6.45, 7) is 10.3. The number of piperidine rings is 1. The lowest BCUT2D eigenvalue weighted by atomic mass is 9.87. The fourth-order valence-electron chi connectivity index (χ4n) is 4.31. The van der Waals surface area contributed by atoms with Crippen LogP contribution in [-0.2, 0) is 10.2 Å². The van der Waals surface area contributed by atoms with Crippen LogP contribution in [0.15, 0.2) is 53.4 Å². The molecule has 0 unspecified atom stereocenters. The third kappa shape index (κ3) is 6.58. The number of amides is 1. The first-order valence-electron chi connectivity index (χ1n) is 11.4. The minimum absolute atomic E-state index is 0. The molecule has 0 spiro atoms. The van der Waals surface area contributed by atoms with E-state index in [9.17, 15) is 4.79 Å². The second-order valence-electron chi connectivity index (χ2n) is 9.71. The molecule has 0 aliphatic carbocycles. The molecule has 7 heteroatoms. The molecule has 4 rings (SSSR count). The highest BCUT2D eigenvalue weighted by atomic mass is 35.5. The zero-order chi connectivity index (χ0) is 22.7. The molecule has 2 aliphatic heterocycles. The maximum absolute atomic E-state index is 12.4. The number of nitrogens with zero attached hydrogens (tertiary/aromatic N) is 2. The van der Waals surface area contributed by atoms with Crippen LogP contribution in [0.5, 0.6) is 5.75 Å². The molecule has 5 nitrogen and oxygen atoms in total. The molecule has 1 atom stereocenters. The minimum atomic E-state index is -0.260. The Balaban J connectivity index is 0.00000306. The first-order valence-corrected chi connectivity index (χ1v) is 12.3. The molecule has 0 N–H and O–H groups in total. The third-order valence-electron chi connectivity index (χ3n) is 6.28. The summed E-state index contributed by atoms with van der Waals surface area (Å²) in [4.78, 5) is 17.9. The summed E-state index contributed by atoms with van der Waals surface area (Å²) in [5.41, 5.74) is 2.43. The zero-order valence-corrected chi connectivity index (χ0v) is 21.6. The SMILES string of the molecule is COc1ccc(N2C[C@H](CN3CCC(Sc4ccc(C(C)(C)C)cc4)CC3)OC2=O)cc1.Cl. The third-order valence-corrected chi connectivity index (χ3v) is 7.63. The van der Waals surface area contributed by atoms with E-state index in [1.54, 1.807) is 12.0 Å². The Kier molecular flexibility index (Phi) is 8.59. The maximum Gasteiger partial charge on any atom is 0.414 e. The van der Waals surface area contributed by atoms with Crippen LogP contribution in [0.3, 0.4) is 0 Å². The largest absolute Gasteiger partial charge is 0.497 e. The highest BCUT2D eigenvalue weighted by molar-refractivity contribution is 8.00. The van der Waals surface area contributed by atoms with Crippen LogP contribution in [-0.4, -0.2) is 55.6 Å². The van der Waals surface area contributed by atoms with E-state index in [0.29, 0.717) is 11.8 Å². The lowest BCUT2D eigenvalue weighted by Crippen LogP contribution is -2.40. The van der Waals surface area contributed by atoms with Gasteiger partial charge in [0.05, 0.1) is 13.7 Å². The molecule has 0 radical (unpaired) electrons. The number of methoxy groups -OCH3 is 1. The Morgan fingerprint density at radius 1 is 1.03 bits per heavy atom. The summed E-state index contributed by atoms with van der Waals surface area (Å²) in [5, 5.41) is 0.647. The number of hydrogen-bond acceptors (Lipinski definition) is 5. The van der Waals surface area contributed by atoms with Crippen molar-refractivity contribution in [3.8, 4) is 5.75 Å². The molecule has 33 heavy (non-hydrogen) atoms.